The molecule has 1 rings (SSSR count). The molecule has 16 heavy (non-hydrogen) atoms. The molecule has 0 aliphatic rings. The van der Waals surface area contributed by atoms with E-state index in [0.717, 1.165) is 12.5 Å². The van der Waals surface area contributed by atoms with E-state index < -0.39 is 20.0 Å². The molecule has 7 heteroatoms. The number of hydrogen-bond acceptors (Lipinski definition) is 5. The zero-order valence-electron chi connectivity index (χ0n) is 8.87. The highest BCUT2D eigenvalue weighted by atomic mass is 32.2. The minimum Gasteiger partial charge on any atom is -0.265 e. The highest BCUT2D eigenvalue weighted by Gasteiger charge is 2.08. The molecule has 90 valence electrons. The van der Waals surface area contributed by atoms with Crippen LogP contribution >= 0.6 is 0 Å². The maximum Gasteiger partial charge on any atom is 0.264 e. The molecule has 0 amide bonds. The molecule has 0 atom stereocenters. The van der Waals surface area contributed by atoms with Gasteiger partial charge in [-0.1, -0.05) is 12.1 Å². The summed E-state index contributed by atoms with van der Waals surface area (Å²) in [6, 6.07) is 5.97. The Kier molecular flexibility index (Phi) is 3.72. The molecular formula is C9H12O5S2. The van der Waals surface area contributed by atoms with Crippen LogP contribution in [0.1, 0.15) is 5.56 Å². The van der Waals surface area contributed by atoms with Gasteiger partial charge < -0.3 is 0 Å². The lowest BCUT2D eigenvalue weighted by Crippen LogP contribution is -2.04. The summed E-state index contributed by atoms with van der Waals surface area (Å²) in [5.41, 5.74) is 0.494. The van der Waals surface area contributed by atoms with Crippen molar-refractivity contribution >= 4 is 20.0 Å². The molecule has 0 spiro atoms. The third kappa shape index (κ3) is 4.30. The molecular weight excluding hydrogens is 252 g/mol. The van der Waals surface area contributed by atoms with E-state index in [1.165, 1.54) is 18.2 Å². The van der Waals surface area contributed by atoms with Crippen LogP contribution in [0.3, 0.4) is 0 Å². The average Bonchev–Trinajstić information content (AvgIpc) is 2.13. The van der Waals surface area contributed by atoms with Gasteiger partial charge in [0.2, 0.25) is 0 Å². The predicted molar refractivity (Wildman–Crippen MR) is 59.2 cm³/mol. The van der Waals surface area contributed by atoms with Gasteiger partial charge in [0.1, 0.15) is 0 Å². The SMILES string of the molecule is CS(=O)(=O)OCc1cccc(S(C)(=O)=O)c1. The Bertz CT molecular complexity index is 572. The van der Waals surface area contributed by atoms with E-state index in [9.17, 15) is 16.8 Å². The first-order valence-corrected chi connectivity index (χ1v) is 8.03. The van der Waals surface area contributed by atoms with Crippen molar-refractivity contribution < 1.29 is 21.0 Å². The van der Waals surface area contributed by atoms with Gasteiger partial charge in [0.25, 0.3) is 10.1 Å². The maximum atomic E-state index is 11.2. The normalized spacial score (nSPS) is 12.6. The first-order chi connectivity index (χ1) is 7.18. The van der Waals surface area contributed by atoms with Crippen LogP contribution in [0.15, 0.2) is 29.2 Å². The lowest BCUT2D eigenvalue weighted by atomic mass is 10.2. The van der Waals surface area contributed by atoms with Crippen LogP contribution in [0, 0.1) is 0 Å². The third-order valence-corrected chi connectivity index (χ3v) is 3.42. The fraction of sp³-hybridized carbons (Fsp3) is 0.333. The van der Waals surface area contributed by atoms with Crippen molar-refractivity contribution in [3.63, 3.8) is 0 Å². The molecule has 1 aromatic carbocycles. The maximum absolute atomic E-state index is 11.2. The molecule has 0 saturated carbocycles. The zero-order chi connectivity index (χ0) is 12.4. The first kappa shape index (κ1) is 13.1. The molecule has 0 unspecified atom stereocenters. The summed E-state index contributed by atoms with van der Waals surface area (Å²) in [5.74, 6) is 0. The van der Waals surface area contributed by atoms with Crippen molar-refractivity contribution in [1.82, 2.24) is 0 Å². The van der Waals surface area contributed by atoms with Gasteiger partial charge in [-0.3, -0.25) is 4.18 Å². The lowest BCUT2D eigenvalue weighted by Gasteiger charge is -2.03. The number of benzene rings is 1. The van der Waals surface area contributed by atoms with Crippen LogP contribution in [0.4, 0.5) is 0 Å². The van der Waals surface area contributed by atoms with Crippen LogP contribution in [-0.2, 0) is 30.7 Å². The van der Waals surface area contributed by atoms with Gasteiger partial charge >= 0.3 is 0 Å². The fourth-order valence-corrected chi connectivity index (χ4v) is 2.08. The minimum atomic E-state index is -3.52. The van der Waals surface area contributed by atoms with Crippen molar-refractivity contribution in [1.29, 1.82) is 0 Å². The van der Waals surface area contributed by atoms with Gasteiger partial charge in [0, 0.05) is 6.26 Å². The van der Waals surface area contributed by atoms with E-state index >= 15 is 0 Å². The lowest BCUT2D eigenvalue weighted by molar-refractivity contribution is 0.311. The van der Waals surface area contributed by atoms with Crippen molar-refractivity contribution in [2.45, 2.75) is 11.5 Å². The van der Waals surface area contributed by atoms with Gasteiger partial charge in [-0.05, 0) is 17.7 Å². The Labute approximate surface area is 95.1 Å². The predicted octanol–water partition coefficient (Wildman–Crippen LogP) is 0.566. The average molecular weight is 264 g/mol. The van der Waals surface area contributed by atoms with E-state index in [1.807, 2.05) is 0 Å². The summed E-state index contributed by atoms with van der Waals surface area (Å²) < 4.78 is 48.5. The number of sulfone groups is 1. The summed E-state index contributed by atoms with van der Waals surface area (Å²) in [4.78, 5) is 0.141. The molecule has 0 N–H and O–H groups in total. The molecule has 0 heterocycles. The van der Waals surface area contributed by atoms with Crippen molar-refractivity contribution in [2.75, 3.05) is 12.5 Å². The molecule has 0 aromatic heterocycles. The second kappa shape index (κ2) is 4.52. The Hall–Kier alpha value is -0.920. The van der Waals surface area contributed by atoms with Crippen LogP contribution in [0.5, 0.6) is 0 Å². The topological polar surface area (TPSA) is 77.5 Å². The molecule has 0 fully saturated rings. The summed E-state index contributed by atoms with van der Waals surface area (Å²) in [7, 11) is -6.80. The van der Waals surface area contributed by atoms with E-state index in [2.05, 4.69) is 4.18 Å². The van der Waals surface area contributed by atoms with Crippen LogP contribution in [-0.4, -0.2) is 29.3 Å². The molecule has 5 nitrogen and oxygen atoms in total. The van der Waals surface area contributed by atoms with Crippen molar-refractivity contribution in [3.8, 4) is 0 Å². The Morgan fingerprint density at radius 2 is 1.75 bits per heavy atom. The van der Waals surface area contributed by atoms with Gasteiger partial charge in [0.15, 0.2) is 9.84 Å². The van der Waals surface area contributed by atoms with E-state index in [4.69, 9.17) is 0 Å². The zero-order valence-corrected chi connectivity index (χ0v) is 10.5. The minimum absolute atomic E-state index is 0.141. The van der Waals surface area contributed by atoms with Crippen LogP contribution in [0.2, 0.25) is 0 Å². The molecule has 0 saturated heterocycles. The second-order valence-electron chi connectivity index (χ2n) is 3.39. The molecule has 0 aliphatic carbocycles. The molecule has 0 bridgehead atoms. The largest absolute Gasteiger partial charge is 0.265 e. The molecule has 1 aromatic rings. The van der Waals surface area contributed by atoms with Crippen LogP contribution in [0.25, 0.3) is 0 Å². The van der Waals surface area contributed by atoms with Gasteiger partial charge in [0.05, 0.1) is 17.8 Å². The van der Waals surface area contributed by atoms with E-state index in [1.54, 1.807) is 6.07 Å². The third-order valence-electron chi connectivity index (χ3n) is 1.77. The van der Waals surface area contributed by atoms with Crippen LogP contribution < -0.4 is 0 Å². The van der Waals surface area contributed by atoms with E-state index in [-0.39, 0.29) is 11.5 Å². The summed E-state index contributed by atoms with van der Waals surface area (Å²) >= 11 is 0. The van der Waals surface area contributed by atoms with Gasteiger partial charge in [-0.15, -0.1) is 0 Å². The number of hydrogen-bond donors (Lipinski definition) is 0. The Balaban J connectivity index is 2.92. The highest BCUT2D eigenvalue weighted by Crippen LogP contribution is 2.12. The quantitative estimate of drug-likeness (QED) is 0.743. The smallest absolute Gasteiger partial charge is 0.264 e. The summed E-state index contributed by atoms with van der Waals surface area (Å²) in [6.07, 6.45) is 2.02. The summed E-state index contributed by atoms with van der Waals surface area (Å²) in [5, 5.41) is 0. The van der Waals surface area contributed by atoms with Crippen molar-refractivity contribution in [2.24, 2.45) is 0 Å². The Morgan fingerprint density at radius 1 is 1.12 bits per heavy atom. The van der Waals surface area contributed by atoms with Gasteiger partial charge in [-0.2, -0.15) is 8.42 Å². The summed E-state index contributed by atoms with van der Waals surface area (Å²) in [6.45, 7) is -0.164. The highest BCUT2D eigenvalue weighted by molar-refractivity contribution is 7.90. The molecule has 0 radical (unpaired) electrons. The van der Waals surface area contributed by atoms with E-state index in [0.29, 0.717) is 5.56 Å². The van der Waals surface area contributed by atoms with Gasteiger partial charge in [-0.25, -0.2) is 8.42 Å². The fourth-order valence-electron chi connectivity index (χ4n) is 1.04. The standard InChI is InChI=1S/C9H12O5S2/c1-15(10,11)9-5-3-4-8(6-9)7-14-16(2,12)13/h3-6H,7H2,1-2H3. The molecule has 0 aliphatic heterocycles. The van der Waals surface area contributed by atoms with Crippen molar-refractivity contribution in [3.05, 3.63) is 29.8 Å². The number of rotatable bonds is 4. The second-order valence-corrected chi connectivity index (χ2v) is 7.05. The Morgan fingerprint density at radius 3 is 2.25 bits per heavy atom. The first-order valence-electron chi connectivity index (χ1n) is 4.32. The monoisotopic (exact) mass is 264 g/mol.